The van der Waals surface area contributed by atoms with E-state index in [0.29, 0.717) is 12.5 Å². The second-order valence-electron chi connectivity index (χ2n) is 6.27. The molecular weight excluding hydrogens is 336 g/mol. The molecule has 1 heterocycles. The summed E-state index contributed by atoms with van der Waals surface area (Å²) >= 11 is 0. The minimum atomic E-state index is 0.594. The van der Waals surface area contributed by atoms with Crippen molar-refractivity contribution in [3.63, 3.8) is 0 Å². The van der Waals surface area contributed by atoms with Crippen molar-refractivity contribution in [1.29, 1.82) is 0 Å². The number of methoxy groups -OCH3 is 1. The zero-order chi connectivity index (χ0) is 18.9. The van der Waals surface area contributed by atoms with Crippen LogP contribution >= 0.6 is 0 Å². The Morgan fingerprint density at radius 3 is 2.48 bits per heavy atom. The highest BCUT2D eigenvalue weighted by molar-refractivity contribution is 5.64. The van der Waals surface area contributed by atoms with E-state index in [1.54, 1.807) is 7.11 Å². The van der Waals surface area contributed by atoms with Gasteiger partial charge in [-0.05, 0) is 12.5 Å². The third-order valence-electron chi connectivity index (χ3n) is 4.26. The molecule has 2 aromatic carbocycles. The Morgan fingerprint density at radius 2 is 1.70 bits per heavy atom. The molecule has 0 saturated carbocycles. The molecule has 0 radical (unpaired) electrons. The molecule has 0 amide bonds. The minimum absolute atomic E-state index is 0.594. The van der Waals surface area contributed by atoms with Crippen LogP contribution in [0.4, 0.5) is 11.8 Å². The van der Waals surface area contributed by atoms with Crippen molar-refractivity contribution < 1.29 is 4.74 Å². The molecule has 27 heavy (non-hydrogen) atoms. The molecule has 3 aromatic rings. The fraction of sp³-hybridized carbons (Fsp3) is 0.273. The first kappa shape index (κ1) is 18.7. The Bertz CT molecular complexity index is 852. The highest BCUT2D eigenvalue weighted by Gasteiger charge is 2.08. The van der Waals surface area contributed by atoms with Crippen LogP contribution in [0.25, 0.3) is 11.3 Å². The van der Waals surface area contributed by atoms with Gasteiger partial charge in [-0.2, -0.15) is 4.98 Å². The third kappa shape index (κ3) is 5.20. The standard InChI is InChI=1S/C22H26N4O/c1-3-4-14-23-21-15-19(17-10-6-5-7-11-17)25-22(26-21)24-16-18-12-8-9-13-20(18)27-2/h5-13,15H,3-4,14,16H2,1-2H3,(H2,23,24,25,26). The number of para-hydroxylation sites is 1. The first-order chi connectivity index (χ1) is 13.3. The number of hydrogen-bond donors (Lipinski definition) is 2. The van der Waals surface area contributed by atoms with Gasteiger partial charge in [0.1, 0.15) is 11.6 Å². The lowest BCUT2D eigenvalue weighted by Gasteiger charge is -2.13. The first-order valence-electron chi connectivity index (χ1n) is 9.34. The molecule has 0 atom stereocenters. The van der Waals surface area contributed by atoms with Crippen LogP contribution < -0.4 is 15.4 Å². The van der Waals surface area contributed by atoms with Crippen LogP contribution in [-0.4, -0.2) is 23.6 Å². The van der Waals surface area contributed by atoms with Gasteiger partial charge in [-0.25, -0.2) is 4.98 Å². The first-order valence-corrected chi connectivity index (χ1v) is 9.34. The number of benzene rings is 2. The molecule has 0 aliphatic rings. The lowest BCUT2D eigenvalue weighted by atomic mass is 10.1. The van der Waals surface area contributed by atoms with E-state index in [-0.39, 0.29) is 0 Å². The highest BCUT2D eigenvalue weighted by atomic mass is 16.5. The minimum Gasteiger partial charge on any atom is -0.496 e. The molecule has 0 saturated heterocycles. The van der Waals surface area contributed by atoms with Gasteiger partial charge in [0.25, 0.3) is 0 Å². The van der Waals surface area contributed by atoms with Gasteiger partial charge in [0.05, 0.1) is 12.8 Å². The largest absolute Gasteiger partial charge is 0.496 e. The summed E-state index contributed by atoms with van der Waals surface area (Å²) in [6.45, 7) is 3.67. The topological polar surface area (TPSA) is 59.1 Å². The Hall–Kier alpha value is -3.08. The maximum Gasteiger partial charge on any atom is 0.225 e. The van der Waals surface area contributed by atoms with Gasteiger partial charge >= 0.3 is 0 Å². The number of hydrogen-bond acceptors (Lipinski definition) is 5. The summed E-state index contributed by atoms with van der Waals surface area (Å²) in [6.07, 6.45) is 2.25. The fourth-order valence-electron chi connectivity index (χ4n) is 2.79. The number of aromatic nitrogens is 2. The molecule has 3 rings (SSSR count). The molecule has 2 N–H and O–H groups in total. The quantitative estimate of drug-likeness (QED) is 0.526. The predicted octanol–water partition coefficient (Wildman–Crippen LogP) is 4.98. The van der Waals surface area contributed by atoms with E-state index in [2.05, 4.69) is 34.7 Å². The molecule has 0 aliphatic carbocycles. The van der Waals surface area contributed by atoms with Crippen molar-refractivity contribution in [2.24, 2.45) is 0 Å². The maximum atomic E-state index is 5.42. The van der Waals surface area contributed by atoms with Crippen molar-refractivity contribution in [3.05, 3.63) is 66.2 Å². The highest BCUT2D eigenvalue weighted by Crippen LogP contribution is 2.23. The molecular formula is C22H26N4O. The summed E-state index contributed by atoms with van der Waals surface area (Å²) in [6, 6.07) is 20.1. The van der Waals surface area contributed by atoms with E-state index >= 15 is 0 Å². The fourth-order valence-corrected chi connectivity index (χ4v) is 2.79. The summed E-state index contributed by atoms with van der Waals surface area (Å²) in [7, 11) is 1.68. The van der Waals surface area contributed by atoms with Gasteiger partial charge in [-0.15, -0.1) is 0 Å². The van der Waals surface area contributed by atoms with Gasteiger partial charge in [-0.1, -0.05) is 61.9 Å². The van der Waals surface area contributed by atoms with Crippen LogP contribution in [0.15, 0.2) is 60.7 Å². The van der Waals surface area contributed by atoms with Crippen LogP contribution in [0.2, 0.25) is 0 Å². The van der Waals surface area contributed by atoms with E-state index in [0.717, 1.165) is 47.8 Å². The van der Waals surface area contributed by atoms with E-state index < -0.39 is 0 Å². The SMILES string of the molecule is CCCCNc1cc(-c2ccccc2)nc(NCc2ccccc2OC)n1. The molecule has 0 bridgehead atoms. The summed E-state index contributed by atoms with van der Waals surface area (Å²) < 4.78 is 5.42. The van der Waals surface area contributed by atoms with E-state index in [1.165, 1.54) is 0 Å². The Labute approximate surface area is 160 Å². The van der Waals surface area contributed by atoms with Crippen LogP contribution in [0.3, 0.4) is 0 Å². The summed E-state index contributed by atoms with van der Waals surface area (Å²) in [5.41, 5.74) is 3.03. The zero-order valence-electron chi connectivity index (χ0n) is 15.9. The van der Waals surface area contributed by atoms with Gasteiger partial charge in [0.2, 0.25) is 5.95 Å². The van der Waals surface area contributed by atoms with Crippen molar-refractivity contribution in [2.75, 3.05) is 24.3 Å². The summed E-state index contributed by atoms with van der Waals surface area (Å²) in [5, 5.41) is 6.74. The number of nitrogens with one attached hydrogen (secondary N) is 2. The van der Waals surface area contributed by atoms with Crippen molar-refractivity contribution in [2.45, 2.75) is 26.3 Å². The lowest BCUT2D eigenvalue weighted by molar-refractivity contribution is 0.410. The van der Waals surface area contributed by atoms with Gasteiger partial charge in [0.15, 0.2) is 0 Å². The third-order valence-corrected chi connectivity index (χ3v) is 4.26. The molecule has 0 aliphatic heterocycles. The molecule has 5 nitrogen and oxygen atoms in total. The second-order valence-corrected chi connectivity index (χ2v) is 6.27. The van der Waals surface area contributed by atoms with E-state index in [9.17, 15) is 0 Å². The Kier molecular flexibility index (Phi) is 6.63. The number of nitrogens with zero attached hydrogens (tertiary/aromatic N) is 2. The monoisotopic (exact) mass is 362 g/mol. The molecule has 0 fully saturated rings. The number of rotatable bonds is 9. The summed E-state index contributed by atoms with van der Waals surface area (Å²) in [5.74, 6) is 2.28. The average Bonchev–Trinajstić information content (AvgIpc) is 2.73. The van der Waals surface area contributed by atoms with Crippen molar-refractivity contribution in [3.8, 4) is 17.0 Å². The average molecular weight is 362 g/mol. The molecule has 0 spiro atoms. The van der Waals surface area contributed by atoms with Crippen LogP contribution in [0.5, 0.6) is 5.75 Å². The molecule has 5 heteroatoms. The van der Waals surface area contributed by atoms with Crippen LogP contribution in [0.1, 0.15) is 25.3 Å². The summed E-state index contributed by atoms with van der Waals surface area (Å²) in [4.78, 5) is 9.33. The van der Waals surface area contributed by atoms with Crippen molar-refractivity contribution >= 4 is 11.8 Å². The smallest absolute Gasteiger partial charge is 0.225 e. The predicted molar refractivity (Wildman–Crippen MR) is 111 cm³/mol. The van der Waals surface area contributed by atoms with Crippen LogP contribution in [-0.2, 0) is 6.54 Å². The molecule has 1 aromatic heterocycles. The molecule has 0 unspecified atom stereocenters. The second kappa shape index (κ2) is 9.57. The normalized spacial score (nSPS) is 10.4. The van der Waals surface area contributed by atoms with Crippen LogP contribution in [0, 0.1) is 0 Å². The number of unbranched alkanes of at least 4 members (excludes halogenated alkanes) is 1. The van der Waals surface area contributed by atoms with Crippen molar-refractivity contribution in [1.82, 2.24) is 9.97 Å². The zero-order valence-corrected chi connectivity index (χ0v) is 15.9. The van der Waals surface area contributed by atoms with E-state index in [1.807, 2.05) is 48.5 Å². The Morgan fingerprint density at radius 1 is 0.926 bits per heavy atom. The Balaban J connectivity index is 1.83. The van der Waals surface area contributed by atoms with Gasteiger partial charge in [-0.3, -0.25) is 0 Å². The lowest BCUT2D eigenvalue weighted by Crippen LogP contribution is -2.09. The number of anilines is 2. The molecule has 140 valence electrons. The maximum absolute atomic E-state index is 5.42. The van der Waals surface area contributed by atoms with Gasteiger partial charge < -0.3 is 15.4 Å². The van der Waals surface area contributed by atoms with E-state index in [4.69, 9.17) is 9.72 Å². The number of ether oxygens (including phenoxy) is 1. The van der Waals surface area contributed by atoms with Gasteiger partial charge in [0, 0.05) is 30.3 Å².